The Morgan fingerprint density at radius 2 is 2.05 bits per heavy atom. The van der Waals surface area contributed by atoms with Crippen molar-refractivity contribution in [2.45, 2.75) is 51.9 Å². The second-order valence-electron chi connectivity index (χ2n) is 5.00. The number of hydrogen-bond donors (Lipinski definition) is 2. The van der Waals surface area contributed by atoms with Crippen LogP contribution >= 0.6 is 11.8 Å². The highest BCUT2D eigenvalue weighted by Crippen LogP contribution is 2.19. The number of aromatic nitrogens is 1. The predicted octanol–water partition coefficient (Wildman–Crippen LogP) is 2.19. The summed E-state index contributed by atoms with van der Waals surface area (Å²) in [6, 6.07) is 0. The lowest BCUT2D eigenvalue weighted by Gasteiger charge is -2.25. The molecule has 0 fully saturated rings. The Hall–Kier alpha value is -1.01. The number of nitrogens with one attached hydrogen (secondary N) is 1. The molecule has 1 aromatic heterocycles. The summed E-state index contributed by atoms with van der Waals surface area (Å²) in [7, 11) is 0. The lowest BCUT2D eigenvalue weighted by molar-refractivity contribution is -0.119. The lowest BCUT2D eigenvalue weighted by atomic mass is 9.98. The van der Waals surface area contributed by atoms with Crippen molar-refractivity contribution in [3.8, 4) is 0 Å². The molecule has 0 aliphatic heterocycles. The van der Waals surface area contributed by atoms with Crippen molar-refractivity contribution in [2.24, 2.45) is 0 Å². The van der Waals surface area contributed by atoms with Gasteiger partial charge in [-0.25, -0.2) is 0 Å². The van der Waals surface area contributed by atoms with E-state index in [1.54, 1.807) is 0 Å². The number of hydrogen-bond acceptors (Lipinski definition) is 5. The molecule has 1 rings (SSSR count). The maximum absolute atomic E-state index is 11.7. The topological polar surface area (TPSA) is 75.4 Å². The van der Waals surface area contributed by atoms with Crippen molar-refractivity contribution in [1.82, 2.24) is 10.5 Å². The smallest absolute Gasteiger partial charge is 0.230 e. The third kappa shape index (κ3) is 4.83. The van der Waals surface area contributed by atoms with Crippen molar-refractivity contribution >= 4 is 17.7 Å². The van der Waals surface area contributed by atoms with Crippen LogP contribution in [-0.2, 0) is 10.5 Å². The number of rotatable bonds is 8. The minimum absolute atomic E-state index is 0.0536. The number of carbonyl (C=O) groups excluding carboxylic acids is 1. The van der Waals surface area contributed by atoms with Crippen LogP contribution in [0.5, 0.6) is 0 Å². The fraction of sp³-hybridized carbons (Fsp3) is 0.714. The molecule has 2 N–H and O–H groups in total. The highest BCUT2D eigenvalue weighted by molar-refractivity contribution is 7.99. The summed E-state index contributed by atoms with van der Waals surface area (Å²) in [6.07, 6.45) is 1.27. The van der Waals surface area contributed by atoms with Crippen LogP contribution in [0.4, 0.5) is 0 Å². The van der Waals surface area contributed by atoms with Crippen molar-refractivity contribution in [2.75, 3.05) is 12.3 Å². The largest absolute Gasteiger partial charge is 0.388 e. The average Bonchev–Trinajstić information content (AvgIpc) is 2.76. The Labute approximate surface area is 124 Å². The van der Waals surface area contributed by atoms with E-state index in [2.05, 4.69) is 10.5 Å². The van der Waals surface area contributed by atoms with Crippen molar-refractivity contribution in [3.05, 3.63) is 17.0 Å². The molecule has 0 atom stereocenters. The third-order valence-electron chi connectivity index (χ3n) is 3.59. The second-order valence-corrected chi connectivity index (χ2v) is 5.99. The van der Waals surface area contributed by atoms with Gasteiger partial charge in [0.05, 0.1) is 17.0 Å². The molecule has 0 aliphatic rings. The third-order valence-corrected chi connectivity index (χ3v) is 4.55. The molecule has 0 saturated heterocycles. The molecule has 0 radical (unpaired) electrons. The van der Waals surface area contributed by atoms with E-state index in [0.29, 0.717) is 30.9 Å². The van der Waals surface area contributed by atoms with Gasteiger partial charge in [0.2, 0.25) is 5.91 Å². The van der Waals surface area contributed by atoms with Gasteiger partial charge in [-0.3, -0.25) is 4.79 Å². The molecule has 6 heteroatoms. The first kappa shape index (κ1) is 17.0. The van der Waals surface area contributed by atoms with E-state index in [9.17, 15) is 9.90 Å². The van der Waals surface area contributed by atoms with Gasteiger partial charge in [-0.2, -0.15) is 0 Å². The lowest BCUT2D eigenvalue weighted by Crippen LogP contribution is -2.42. The normalized spacial score (nSPS) is 11.7. The van der Waals surface area contributed by atoms with Crippen LogP contribution in [-0.4, -0.2) is 34.1 Å². The molecule has 0 bridgehead atoms. The maximum Gasteiger partial charge on any atom is 0.230 e. The van der Waals surface area contributed by atoms with Crippen molar-refractivity contribution < 1.29 is 14.4 Å². The number of thioether (sulfide) groups is 1. The van der Waals surface area contributed by atoms with Crippen LogP contribution in [0.15, 0.2) is 4.52 Å². The van der Waals surface area contributed by atoms with Crippen molar-refractivity contribution in [1.29, 1.82) is 0 Å². The van der Waals surface area contributed by atoms with Crippen LogP contribution in [0.1, 0.15) is 43.7 Å². The van der Waals surface area contributed by atoms with Crippen LogP contribution in [0.3, 0.4) is 0 Å². The van der Waals surface area contributed by atoms with E-state index in [-0.39, 0.29) is 5.91 Å². The first-order chi connectivity index (χ1) is 9.41. The Kier molecular flexibility index (Phi) is 6.55. The zero-order valence-corrected chi connectivity index (χ0v) is 13.5. The fourth-order valence-electron chi connectivity index (χ4n) is 1.77. The first-order valence-electron chi connectivity index (χ1n) is 6.90. The maximum atomic E-state index is 11.7. The molecule has 0 unspecified atom stereocenters. The minimum atomic E-state index is -0.790. The first-order valence-corrected chi connectivity index (χ1v) is 8.06. The molecule has 5 nitrogen and oxygen atoms in total. The van der Waals surface area contributed by atoms with Gasteiger partial charge in [0.25, 0.3) is 0 Å². The number of aliphatic hydroxyl groups is 1. The van der Waals surface area contributed by atoms with E-state index in [1.165, 1.54) is 11.8 Å². The van der Waals surface area contributed by atoms with Crippen molar-refractivity contribution in [3.63, 3.8) is 0 Å². The Bertz CT molecular complexity index is 422. The van der Waals surface area contributed by atoms with Crippen LogP contribution in [0.25, 0.3) is 0 Å². The molecule has 114 valence electrons. The molecule has 0 saturated carbocycles. The highest BCUT2D eigenvalue weighted by Gasteiger charge is 2.22. The van der Waals surface area contributed by atoms with E-state index in [4.69, 9.17) is 4.52 Å². The van der Waals surface area contributed by atoms with E-state index >= 15 is 0 Å². The van der Waals surface area contributed by atoms with Gasteiger partial charge in [-0.1, -0.05) is 19.0 Å². The quantitative estimate of drug-likeness (QED) is 0.769. The SMILES string of the molecule is CCC(O)(CC)CNC(=O)CSCc1c(C)noc1C. The molecule has 0 spiro atoms. The van der Waals surface area contributed by atoms with E-state index in [0.717, 1.165) is 17.0 Å². The molecular weight excluding hydrogens is 276 g/mol. The van der Waals surface area contributed by atoms with Crippen LogP contribution < -0.4 is 5.32 Å². The van der Waals surface area contributed by atoms with Gasteiger partial charge >= 0.3 is 0 Å². The standard InChI is InChI=1S/C14H24N2O3S/c1-5-14(18,6-2)9-15-13(17)8-20-7-12-10(3)16-19-11(12)4/h18H,5-9H2,1-4H3,(H,15,17). The van der Waals surface area contributed by atoms with Crippen LogP contribution in [0.2, 0.25) is 0 Å². The molecule has 1 amide bonds. The summed E-state index contributed by atoms with van der Waals surface area (Å²) in [5.74, 6) is 1.83. The molecule has 0 aromatic carbocycles. The van der Waals surface area contributed by atoms with Gasteiger partial charge in [-0.15, -0.1) is 11.8 Å². The number of amides is 1. The molecular formula is C14H24N2O3S. The zero-order chi connectivity index (χ0) is 15.2. The second kappa shape index (κ2) is 7.69. The van der Waals surface area contributed by atoms with Gasteiger partial charge in [-0.05, 0) is 26.7 Å². The van der Waals surface area contributed by atoms with E-state index < -0.39 is 5.60 Å². The number of aryl methyl sites for hydroxylation is 2. The average molecular weight is 300 g/mol. The van der Waals surface area contributed by atoms with E-state index in [1.807, 2.05) is 27.7 Å². The number of carbonyl (C=O) groups is 1. The van der Waals surface area contributed by atoms with Gasteiger partial charge in [0.1, 0.15) is 5.76 Å². The molecule has 1 heterocycles. The minimum Gasteiger partial charge on any atom is -0.388 e. The van der Waals surface area contributed by atoms with Gasteiger partial charge < -0.3 is 14.9 Å². The van der Waals surface area contributed by atoms with Gasteiger partial charge in [0.15, 0.2) is 0 Å². The molecule has 0 aliphatic carbocycles. The summed E-state index contributed by atoms with van der Waals surface area (Å²) in [6.45, 7) is 7.92. The monoisotopic (exact) mass is 300 g/mol. The predicted molar refractivity (Wildman–Crippen MR) is 80.7 cm³/mol. The Morgan fingerprint density at radius 3 is 2.55 bits per heavy atom. The molecule has 1 aromatic rings. The Morgan fingerprint density at radius 1 is 1.40 bits per heavy atom. The fourth-order valence-corrected chi connectivity index (χ4v) is 2.77. The van der Waals surface area contributed by atoms with Gasteiger partial charge in [0, 0.05) is 17.9 Å². The van der Waals surface area contributed by atoms with Crippen LogP contribution in [0, 0.1) is 13.8 Å². The number of nitrogens with zero attached hydrogens (tertiary/aromatic N) is 1. The summed E-state index contributed by atoms with van der Waals surface area (Å²) >= 11 is 1.52. The summed E-state index contributed by atoms with van der Waals surface area (Å²) < 4.78 is 5.08. The summed E-state index contributed by atoms with van der Waals surface area (Å²) in [5.41, 5.74) is 1.14. The zero-order valence-electron chi connectivity index (χ0n) is 12.7. The highest BCUT2D eigenvalue weighted by atomic mass is 32.2. The molecule has 20 heavy (non-hydrogen) atoms. The Balaban J connectivity index is 2.31. The summed E-state index contributed by atoms with van der Waals surface area (Å²) in [4.78, 5) is 11.7. The summed E-state index contributed by atoms with van der Waals surface area (Å²) in [5, 5.41) is 16.8.